The maximum atomic E-state index is 13.5. The fourth-order valence-electron chi connectivity index (χ4n) is 3.30. The minimum absolute atomic E-state index is 0.00397. The summed E-state index contributed by atoms with van der Waals surface area (Å²) in [5, 5.41) is 0. The normalized spacial score (nSPS) is 32.1. The number of nitrogens with zero attached hydrogens (tertiary/aromatic N) is 1. The lowest BCUT2D eigenvalue weighted by Crippen LogP contribution is -2.35. The van der Waals surface area contributed by atoms with Crippen LogP contribution in [0.4, 0.5) is 4.39 Å². The molecule has 1 aliphatic carbocycles. The van der Waals surface area contributed by atoms with Crippen molar-refractivity contribution in [2.45, 2.75) is 19.0 Å². The van der Waals surface area contributed by atoms with Crippen molar-refractivity contribution in [1.29, 1.82) is 0 Å². The lowest BCUT2D eigenvalue weighted by molar-refractivity contribution is -0.130. The first-order valence-electron chi connectivity index (χ1n) is 6.41. The van der Waals surface area contributed by atoms with Crippen LogP contribution in [0, 0.1) is 17.7 Å². The number of methoxy groups -OCH3 is 1. The summed E-state index contributed by atoms with van der Waals surface area (Å²) < 4.78 is 18.8. The molecule has 5 heteroatoms. The molecule has 4 atom stereocenters. The van der Waals surface area contributed by atoms with E-state index in [0.29, 0.717) is 18.2 Å². The molecule has 1 saturated heterocycles. The largest absolute Gasteiger partial charge is 0.496 e. The van der Waals surface area contributed by atoms with E-state index in [-0.39, 0.29) is 29.7 Å². The Bertz CT molecular complexity index is 534. The van der Waals surface area contributed by atoms with Gasteiger partial charge in [-0.2, -0.15) is 0 Å². The number of nitrogens with two attached hydrogens (primary N) is 1. The van der Waals surface area contributed by atoms with Crippen LogP contribution in [0.1, 0.15) is 18.5 Å². The van der Waals surface area contributed by atoms with Crippen molar-refractivity contribution in [2.75, 3.05) is 13.7 Å². The molecular weight excluding hydrogens is 247 g/mol. The highest BCUT2D eigenvalue weighted by molar-refractivity contribution is 5.75. The molecule has 1 aliphatic heterocycles. The smallest absolute Gasteiger partial charge is 0.219 e. The topological polar surface area (TPSA) is 55.6 Å². The first-order valence-corrected chi connectivity index (χ1v) is 6.41. The zero-order valence-corrected chi connectivity index (χ0v) is 11.0. The zero-order valence-electron chi connectivity index (χ0n) is 11.0. The molecule has 0 bridgehead atoms. The van der Waals surface area contributed by atoms with Gasteiger partial charge in [-0.1, -0.05) is 0 Å². The fraction of sp³-hybridized carbons (Fsp3) is 0.500. The molecule has 1 heterocycles. The van der Waals surface area contributed by atoms with Gasteiger partial charge in [0.25, 0.3) is 0 Å². The molecular formula is C14H17FN2O2. The minimum Gasteiger partial charge on any atom is -0.496 e. The van der Waals surface area contributed by atoms with E-state index in [2.05, 4.69) is 0 Å². The SMILES string of the molecule is COc1ccc(F)cc1C1C2C(N)C2CN1C(C)=O. The number of fused-ring (bicyclic) bond motifs is 1. The van der Waals surface area contributed by atoms with E-state index in [1.807, 2.05) is 0 Å². The van der Waals surface area contributed by atoms with E-state index in [1.54, 1.807) is 18.1 Å². The molecule has 1 aromatic rings. The molecule has 1 amide bonds. The van der Waals surface area contributed by atoms with Gasteiger partial charge in [0.05, 0.1) is 13.2 Å². The first-order chi connectivity index (χ1) is 9.04. The Morgan fingerprint density at radius 2 is 2.26 bits per heavy atom. The van der Waals surface area contributed by atoms with E-state index >= 15 is 0 Å². The highest BCUT2D eigenvalue weighted by atomic mass is 19.1. The number of carbonyl (C=O) groups excluding carboxylic acids is 1. The average molecular weight is 264 g/mol. The molecule has 2 aliphatic rings. The molecule has 1 aromatic carbocycles. The van der Waals surface area contributed by atoms with Crippen LogP contribution in [0.15, 0.2) is 18.2 Å². The third-order valence-corrected chi connectivity index (χ3v) is 4.32. The number of hydrogen-bond acceptors (Lipinski definition) is 3. The van der Waals surface area contributed by atoms with Gasteiger partial charge in [-0.3, -0.25) is 4.79 Å². The van der Waals surface area contributed by atoms with Gasteiger partial charge < -0.3 is 15.4 Å². The molecule has 2 fully saturated rings. The quantitative estimate of drug-likeness (QED) is 0.876. The Labute approximate surface area is 111 Å². The lowest BCUT2D eigenvalue weighted by Gasteiger charge is -2.29. The number of likely N-dealkylation sites (tertiary alicyclic amines) is 1. The van der Waals surface area contributed by atoms with Gasteiger partial charge in [-0.15, -0.1) is 0 Å². The monoisotopic (exact) mass is 264 g/mol. The molecule has 4 nitrogen and oxygen atoms in total. The van der Waals surface area contributed by atoms with Gasteiger partial charge >= 0.3 is 0 Å². The van der Waals surface area contributed by atoms with E-state index in [9.17, 15) is 9.18 Å². The van der Waals surface area contributed by atoms with Crippen LogP contribution >= 0.6 is 0 Å². The van der Waals surface area contributed by atoms with Crippen molar-refractivity contribution in [3.63, 3.8) is 0 Å². The van der Waals surface area contributed by atoms with Crippen molar-refractivity contribution in [3.8, 4) is 5.75 Å². The summed E-state index contributed by atoms with van der Waals surface area (Å²) in [6.07, 6.45) is 0. The predicted octanol–water partition coefficient (Wildman–Crippen LogP) is 1.31. The van der Waals surface area contributed by atoms with Crippen molar-refractivity contribution in [3.05, 3.63) is 29.6 Å². The van der Waals surface area contributed by atoms with Gasteiger partial charge in [-0.05, 0) is 24.1 Å². The molecule has 0 aromatic heterocycles. The summed E-state index contributed by atoms with van der Waals surface area (Å²) in [5.41, 5.74) is 6.74. The summed E-state index contributed by atoms with van der Waals surface area (Å²) in [4.78, 5) is 13.5. The second-order valence-corrected chi connectivity index (χ2v) is 5.32. The molecule has 4 unspecified atom stereocenters. The number of carbonyl (C=O) groups is 1. The Morgan fingerprint density at radius 3 is 2.89 bits per heavy atom. The highest BCUT2D eigenvalue weighted by Gasteiger charge is 2.61. The third-order valence-electron chi connectivity index (χ3n) is 4.32. The number of hydrogen-bond donors (Lipinski definition) is 1. The maximum Gasteiger partial charge on any atom is 0.219 e. The highest BCUT2D eigenvalue weighted by Crippen LogP contribution is 2.56. The molecule has 2 N–H and O–H groups in total. The van der Waals surface area contributed by atoms with Gasteiger partial charge in [0.1, 0.15) is 11.6 Å². The van der Waals surface area contributed by atoms with Crippen molar-refractivity contribution in [1.82, 2.24) is 4.90 Å². The summed E-state index contributed by atoms with van der Waals surface area (Å²) in [6.45, 7) is 2.19. The van der Waals surface area contributed by atoms with Crippen LogP contribution in [0.5, 0.6) is 5.75 Å². The fourth-order valence-corrected chi connectivity index (χ4v) is 3.30. The number of ether oxygens (including phenoxy) is 1. The third kappa shape index (κ3) is 1.80. The van der Waals surface area contributed by atoms with Gasteiger partial charge in [0, 0.05) is 31.0 Å². The van der Waals surface area contributed by atoms with Crippen molar-refractivity contribution >= 4 is 5.91 Å². The van der Waals surface area contributed by atoms with Crippen LogP contribution in [-0.4, -0.2) is 30.5 Å². The van der Waals surface area contributed by atoms with Gasteiger partial charge in [0.2, 0.25) is 5.91 Å². The van der Waals surface area contributed by atoms with Crippen LogP contribution in [0.3, 0.4) is 0 Å². The van der Waals surface area contributed by atoms with E-state index in [4.69, 9.17) is 10.5 Å². The first kappa shape index (κ1) is 12.4. The Morgan fingerprint density at radius 1 is 1.53 bits per heavy atom. The number of benzene rings is 1. The molecule has 0 radical (unpaired) electrons. The van der Waals surface area contributed by atoms with Crippen LogP contribution in [-0.2, 0) is 4.79 Å². The van der Waals surface area contributed by atoms with E-state index in [1.165, 1.54) is 19.1 Å². The van der Waals surface area contributed by atoms with Gasteiger partial charge in [-0.25, -0.2) is 4.39 Å². The molecule has 1 saturated carbocycles. The Hall–Kier alpha value is -1.62. The molecule has 102 valence electrons. The summed E-state index contributed by atoms with van der Waals surface area (Å²) in [7, 11) is 1.55. The Kier molecular flexibility index (Phi) is 2.74. The number of piperidine rings is 1. The summed E-state index contributed by atoms with van der Waals surface area (Å²) in [6, 6.07) is 4.35. The number of halogens is 1. The van der Waals surface area contributed by atoms with E-state index < -0.39 is 0 Å². The molecule has 3 rings (SSSR count). The van der Waals surface area contributed by atoms with Crippen LogP contribution < -0.4 is 10.5 Å². The maximum absolute atomic E-state index is 13.5. The van der Waals surface area contributed by atoms with Crippen molar-refractivity contribution in [2.24, 2.45) is 17.6 Å². The van der Waals surface area contributed by atoms with Crippen molar-refractivity contribution < 1.29 is 13.9 Å². The second-order valence-electron chi connectivity index (χ2n) is 5.32. The standard InChI is InChI=1S/C14H17FN2O2/c1-7(18)17-6-10-12(13(10)16)14(17)9-5-8(15)3-4-11(9)19-2/h3-5,10,12-14H,6,16H2,1-2H3. The average Bonchev–Trinajstić information content (AvgIpc) is 2.85. The summed E-state index contributed by atoms with van der Waals surface area (Å²) in [5.74, 6) is 0.839. The van der Waals surface area contributed by atoms with E-state index in [0.717, 1.165) is 5.56 Å². The zero-order chi connectivity index (χ0) is 13.7. The lowest BCUT2D eigenvalue weighted by atomic mass is 10.0. The summed E-state index contributed by atoms with van der Waals surface area (Å²) >= 11 is 0. The molecule has 0 spiro atoms. The number of amides is 1. The minimum atomic E-state index is -0.322. The van der Waals surface area contributed by atoms with Crippen LogP contribution in [0.25, 0.3) is 0 Å². The molecule has 19 heavy (non-hydrogen) atoms. The second kappa shape index (κ2) is 4.20. The van der Waals surface area contributed by atoms with Crippen LogP contribution in [0.2, 0.25) is 0 Å². The number of rotatable bonds is 2. The Balaban J connectivity index is 2.03. The van der Waals surface area contributed by atoms with Gasteiger partial charge in [0.15, 0.2) is 0 Å². The predicted molar refractivity (Wildman–Crippen MR) is 68.0 cm³/mol.